The Morgan fingerprint density at radius 2 is 1.67 bits per heavy atom. The van der Waals surface area contributed by atoms with Gasteiger partial charge in [0.25, 0.3) is 5.91 Å². The van der Waals surface area contributed by atoms with E-state index in [1.54, 1.807) is 36.4 Å². The van der Waals surface area contributed by atoms with E-state index in [0.717, 1.165) is 16.8 Å². The van der Waals surface area contributed by atoms with Crippen molar-refractivity contribution in [2.75, 3.05) is 24.2 Å². The zero-order chi connectivity index (χ0) is 40.1. The quantitative estimate of drug-likeness (QED) is 0.0841. The molecule has 4 aromatic rings. The van der Waals surface area contributed by atoms with Crippen molar-refractivity contribution >= 4 is 53.0 Å². The Kier molecular flexibility index (Phi) is 13.6. The molecule has 3 heterocycles. The molecule has 0 spiro atoms. The molecule has 296 valence electrons. The van der Waals surface area contributed by atoms with Gasteiger partial charge in [0, 0.05) is 25.1 Å². The number of hydrazine groups is 1. The van der Waals surface area contributed by atoms with Crippen LogP contribution in [-0.2, 0) is 28.7 Å². The maximum absolute atomic E-state index is 14.1. The molecular formula is C39H41N9O8S. The average Bonchev–Trinajstić information content (AvgIpc) is 3.67. The van der Waals surface area contributed by atoms with Crippen molar-refractivity contribution in [2.24, 2.45) is 0 Å². The zero-order valence-corrected chi connectivity index (χ0v) is 31.6. The first-order valence-corrected chi connectivity index (χ1v) is 19.3. The van der Waals surface area contributed by atoms with Gasteiger partial charge in [-0.05, 0) is 84.6 Å². The fourth-order valence-corrected chi connectivity index (χ4v) is 7.10. The van der Waals surface area contributed by atoms with Crippen molar-refractivity contribution < 1.29 is 38.2 Å². The van der Waals surface area contributed by atoms with E-state index in [1.807, 2.05) is 48.5 Å². The van der Waals surface area contributed by atoms with Crippen molar-refractivity contribution in [3.63, 3.8) is 0 Å². The van der Waals surface area contributed by atoms with Crippen LogP contribution < -0.4 is 20.7 Å². The first-order valence-electron chi connectivity index (χ1n) is 18.3. The molecule has 3 atom stereocenters. The van der Waals surface area contributed by atoms with Gasteiger partial charge in [0.2, 0.25) is 17.0 Å². The van der Waals surface area contributed by atoms with Gasteiger partial charge in [-0.1, -0.05) is 60.8 Å². The van der Waals surface area contributed by atoms with Gasteiger partial charge in [-0.15, -0.1) is 5.10 Å². The normalized spacial score (nSPS) is 17.1. The minimum absolute atomic E-state index is 0.00386. The Hall–Kier alpha value is -6.56. The smallest absolute Gasteiger partial charge is 0.319 e. The van der Waals surface area contributed by atoms with Crippen molar-refractivity contribution in [3.05, 3.63) is 97.6 Å². The van der Waals surface area contributed by atoms with Gasteiger partial charge < -0.3 is 25.4 Å². The number of ketones is 1. The van der Waals surface area contributed by atoms with Crippen LogP contribution in [0, 0.1) is 0 Å². The molecule has 0 bridgehead atoms. The number of carbonyl (C=O) groups is 6. The predicted octanol–water partition coefficient (Wildman–Crippen LogP) is 3.83. The molecule has 2 fully saturated rings. The van der Waals surface area contributed by atoms with Crippen molar-refractivity contribution in [3.8, 4) is 17.2 Å². The van der Waals surface area contributed by atoms with E-state index in [-0.39, 0.29) is 56.9 Å². The number of rotatable bonds is 16. The second-order valence-corrected chi connectivity index (χ2v) is 14.0. The molecule has 0 saturated carbocycles. The summed E-state index contributed by atoms with van der Waals surface area (Å²) in [5.74, 6) is -1.72. The van der Waals surface area contributed by atoms with Gasteiger partial charge in [-0.2, -0.15) is 4.68 Å². The van der Waals surface area contributed by atoms with Gasteiger partial charge in [0.15, 0.2) is 5.78 Å². The van der Waals surface area contributed by atoms with E-state index in [9.17, 15) is 28.8 Å². The Morgan fingerprint density at radius 1 is 0.947 bits per heavy atom. The van der Waals surface area contributed by atoms with E-state index in [0.29, 0.717) is 34.5 Å². The zero-order valence-electron chi connectivity index (χ0n) is 30.8. The highest BCUT2D eigenvalue weighted by Crippen LogP contribution is 2.27. The number of esters is 1. The van der Waals surface area contributed by atoms with Crippen LogP contribution in [0.3, 0.4) is 0 Å². The molecular weight excluding hydrogens is 755 g/mol. The molecule has 6 rings (SSSR count). The van der Waals surface area contributed by atoms with Crippen LogP contribution in [0.2, 0.25) is 0 Å². The number of ether oxygens (including phenoxy) is 2. The number of nitrogens with one attached hydrogen (secondary N) is 3. The molecule has 3 aromatic carbocycles. The largest absolute Gasteiger partial charge is 0.461 e. The minimum atomic E-state index is -1.18. The molecule has 1 aromatic heterocycles. The number of anilines is 1. The second-order valence-electron chi connectivity index (χ2n) is 13.0. The number of hydrogen-bond donors (Lipinski definition) is 3. The van der Waals surface area contributed by atoms with Crippen LogP contribution in [-0.4, -0.2) is 103 Å². The Balaban J connectivity index is 1.12. The molecule has 0 radical (unpaired) electrons. The third-order valence-electron chi connectivity index (χ3n) is 9.05. The van der Waals surface area contributed by atoms with Crippen LogP contribution in [0.15, 0.2) is 103 Å². The van der Waals surface area contributed by atoms with Crippen LogP contribution in [0.4, 0.5) is 10.5 Å². The number of urea groups is 1. The van der Waals surface area contributed by atoms with Gasteiger partial charge in [-0.25, -0.2) is 9.80 Å². The van der Waals surface area contributed by atoms with E-state index in [1.165, 1.54) is 15.8 Å². The summed E-state index contributed by atoms with van der Waals surface area (Å²) in [5, 5.41) is 22.5. The number of hydrogen-bond acceptors (Lipinski definition) is 12. The lowest BCUT2D eigenvalue weighted by Crippen LogP contribution is -2.64. The average molecular weight is 796 g/mol. The minimum Gasteiger partial charge on any atom is -0.461 e. The van der Waals surface area contributed by atoms with Gasteiger partial charge in [0.1, 0.15) is 30.2 Å². The highest BCUT2D eigenvalue weighted by Gasteiger charge is 2.45. The Bertz CT molecular complexity index is 2070. The number of para-hydroxylation sites is 2. The van der Waals surface area contributed by atoms with Crippen LogP contribution >= 0.6 is 11.8 Å². The van der Waals surface area contributed by atoms with Crippen LogP contribution in [0.5, 0.6) is 11.5 Å². The summed E-state index contributed by atoms with van der Waals surface area (Å²) < 4.78 is 12.4. The molecule has 2 aliphatic heterocycles. The lowest BCUT2D eigenvalue weighted by molar-refractivity contribution is -0.176. The summed E-state index contributed by atoms with van der Waals surface area (Å²) in [4.78, 5) is 80.7. The number of benzene rings is 3. The molecule has 0 unspecified atom stereocenters. The number of amides is 5. The van der Waals surface area contributed by atoms with Crippen LogP contribution in [0.25, 0.3) is 5.69 Å². The van der Waals surface area contributed by atoms with E-state index in [2.05, 4.69) is 38.1 Å². The summed E-state index contributed by atoms with van der Waals surface area (Å²) in [5.41, 5.74) is 1.11. The maximum atomic E-state index is 14.1. The molecule has 5 amide bonds. The number of fused-ring (bicyclic) bond motifs is 1. The van der Waals surface area contributed by atoms with Crippen molar-refractivity contribution in [1.29, 1.82) is 0 Å². The fraction of sp³-hybridized carbons (Fsp3) is 0.308. The van der Waals surface area contributed by atoms with Crippen LogP contribution in [0.1, 0.15) is 38.5 Å². The first kappa shape index (κ1) is 40.1. The first-order chi connectivity index (χ1) is 27.7. The molecule has 0 aliphatic carbocycles. The fourth-order valence-electron chi connectivity index (χ4n) is 6.27. The number of nitrogens with zero attached hydrogens (tertiary/aromatic N) is 6. The molecule has 2 saturated heterocycles. The summed E-state index contributed by atoms with van der Waals surface area (Å²) in [6.45, 7) is 3.70. The van der Waals surface area contributed by atoms with E-state index < -0.39 is 47.7 Å². The Labute approximate surface area is 332 Å². The SMILES string of the molecule is C=CCOC(=O)CC[C@H](NC(=O)[C@@H]1CCCN2C(=O)CC[C@H](NC(=O)Nc3ccc(Oc4ccccc4)cc3)C(=O)N12)C(=O)CSc1nnnn1-c1ccccc1. The molecule has 57 heavy (non-hydrogen) atoms. The molecule has 2 aliphatic rings. The highest BCUT2D eigenvalue weighted by atomic mass is 32.2. The third-order valence-corrected chi connectivity index (χ3v) is 9.99. The van der Waals surface area contributed by atoms with Crippen molar-refractivity contribution in [2.45, 2.75) is 61.8 Å². The molecule has 17 nitrogen and oxygen atoms in total. The molecule has 3 N–H and O–H groups in total. The number of tetrazole rings is 1. The monoisotopic (exact) mass is 795 g/mol. The van der Waals surface area contributed by atoms with Crippen molar-refractivity contribution in [1.82, 2.24) is 40.9 Å². The number of carbonyl (C=O) groups excluding carboxylic acids is 6. The highest BCUT2D eigenvalue weighted by molar-refractivity contribution is 7.99. The predicted molar refractivity (Wildman–Crippen MR) is 207 cm³/mol. The van der Waals surface area contributed by atoms with Gasteiger partial charge in [-0.3, -0.25) is 29.0 Å². The number of Topliss-reactive ketones (excluding diaryl/α,β-unsaturated/α-hetero) is 1. The second kappa shape index (κ2) is 19.3. The standard InChI is InChI=1S/C39H41N9O8S/c1-2-24-55-35(51)22-20-30(33(49)25-57-39-43-44-45-47(39)27-10-5-3-6-11-27)41-36(52)32-14-9-23-46-34(50)21-19-31(37(53)48(32)46)42-38(54)40-26-15-17-29(18-16-26)56-28-12-7-4-8-13-28/h2-8,10-13,15-18,30-32H,1,9,14,19-25H2,(H,41,52)(H2,40,42,54)/t30-,31-,32-/m0/s1. The summed E-state index contributed by atoms with van der Waals surface area (Å²) in [6.07, 6.45) is 1.65. The lowest BCUT2D eigenvalue weighted by atomic mass is 10.0. The van der Waals surface area contributed by atoms with E-state index in [4.69, 9.17) is 9.47 Å². The topological polar surface area (TPSA) is 207 Å². The summed E-state index contributed by atoms with van der Waals surface area (Å²) >= 11 is 1.05. The third kappa shape index (κ3) is 10.6. The Morgan fingerprint density at radius 3 is 2.40 bits per heavy atom. The van der Waals surface area contributed by atoms with E-state index >= 15 is 0 Å². The number of thioether (sulfide) groups is 1. The van der Waals surface area contributed by atoms with Gasteiger partial charge >= 0.3 is 12.0 Å². The summed E-state index contributed by atoms with van der Waals surface area (Å²) in [7, 11) is 0. The molecule has 18 heteroatoms. The van der Waals surface area contributed by atoms with Gasteiger partial charge in [0.05, 0.1) is 17.5 Å². The summed E-state index contributed by atoms with van der Waals surface area (Å²) in [6, 6.07) is 20.8. The number of aromatic nitrogens is 4. The lowest BCUT2D eigenvalue weighted by Gasteiger charge is -2.43. The maximum Gasteiger partial charge on any atom is 0.319 e.